The van der Waals surface area contributed by atoms with Gasteiger partial charge in [0.1, 0.15) is 11.1 Å². The van der Waals surface area contributed by atoms with E-state index in [2.05, 4.69) is 36.5 Å². The van der Waals surface area contributed by atoms with E-state index in [-0.39, 0.29) is 6.10 Å². The van der Waals surface area contributed by atoms with Crippen LogP contribution < -0.4 is 5.32 Å². The molecule has 2 aromatic rings. The van der Waals surface area contributed by atoms with E-state index in [1.807, 2.05) is 13.1 Å². The van der Waals surface area contributed by atoms with Crippen molar-refractivity contribution < 1.29 is 4.74 Å². The van der Waals surface area contributed by atoms with Crippen molar-refractivity contribution in [3.63, 3.8) is 0 Å². The molecule has 0 spiro atoms. The van der Waals surface area contributed by atoms with E-state index in [1.165, 1.54) is 10.4 Å². The second kappa shape index (κ2) is 8.27. The van der Waals surface area contributed by atoms with E-state index >= 15 is 0 Å². The van der Waals surface area contributed by atoms with Crippen LogP contribution in [0.4, 0.5) is 0 Å². The average molecular weight is 304 g/mol. The monoisotopic (exact) mass is 304 g/mol. The Balaban J connectivity index is 2.35. The number of likely N-dealkylation sites (N-methyl/N-ethyl adjacent to an activating group) is 1. The van der Waals surface area contributed by atoms with Crippen molar-refractivity contribution in [2.75, 3.05) is 20.7 Å². The molecule has 2 rings (SSSR count). The fourth-order valence-corrected chi connectivity index (χ4v) is 3.54. The van der Waals surface area contributed by atoms with Gasteiger partial charge in [0.2, 0.25) is 0 Å². The zero-order valence-electron chi connectivity index (χ0n) is 13.1. The van der Waals surface area contributed by atoms with Crippen molar-refractivity contribution in [2.45, 2.75) is 32.3 Å². The van der Waals surface area contributed by atoms with E-state index in [0.29, 0.717) is 0 Å². The molecule has 0 amide bonds. The largest absolute Gasteiger partial charge is 0.374 e. The Morgan fingerprint density at radius 1 is 1.29 bits per heavy atom. The highest BCUT2D eigenvalue weighted by atomic mass is 32.1. The van der Waals surface area contributed by atoms with Crippen LogP contribution in [0.2, 0.25) is 0 Å². The number of hydrogen-bond donors (Lipinski definition) is 1. The number of methoxy groups -OCH3 is 1. The van der Waals surface area contributed by atoms with Crippen molar-refractivity contribution in [1.29, 1.82) is 0 Å². The van der Waals surface area contributed by atoms with E-state index in [0.717, 1.165) is 36.5 Å². The molecule has 3 nitrogen and oxygen atoms in total. The Labute approximate surface area is 131 Å². The zero-order chi connectivity index (χ0) is 15.1. The van der Waals surface area contributed by atoms with Crippen molar-refractivity contribution in [1.82, 2.24) is 10.3 Å². The van der Waals surface area contributed by atoms with Gasteiger partial charge in [0.25, 0.3) is 0 Å². The minimum Gasteiger partial charge on any atom is -0.374 e. The number of ether oxygens (including phenoxy) is 1. The topological polar surface area (TPSA) is 34.1 Å². The average Bonchev–Trinajstić information content (AvgIpc) is 2.95. The molecule has 1 atom stereocenters. The van der Waals surface area contributed by atoms with Gasteiger partial charge in [0.15, 0.2) is 0 Å². The van der Waals surface area contributed by atoms with Crippen LogP contribution in [0, 0.1) is 0 Å². The molecule has 114 valence electrons. The lowest BCUT2D eigenvalue weighted by molar-refractivity contribution is 0.0948. The number of aromatic nitrogens is 1. The van der Waals surface area contributed by atoms with Crippen molar-refractivity contribution >= 4 is 11.3 Å². The maximum atomic E-state index is 5.62. The highest BCUT2D eigenvalue weighted by Crippen LogP contribution is 2.34. The fraction of sp³-hybridized carbons (Fsp3) is 0.471. The van der Waals surface area contributed by atoms with Crippen LogP contribution in [-0.4, -0.2) is 25.7 Å². The first-order chi connectivity index (χ1) is 10.3. The van der Waals surface area contributed by atoms with Crippen molar-refractivity contribution in [2.24, 2.45) is 0 Å². The van der Waals surface area contributed by atoms with E-state index in [9.17, 15) is 0 Å². The Bertz CT molecular complexity index is 539. The number of rotatable bonds is 8. The molecule has 0 aliphatic heterocycles. The summed E-state index contributed by atoms with van der Waals surface area (Å²) in [5.41, 5.74) is 2.31. The maximum absolute atomic E-state index is 5.62. The molecule has 0 radical (unpaired) electrons. The van der Waals surface area contributed by atoms with Gasteiger partial charge in [-0.05, 0) is 26.4 Å². The minimum absolute atomic E-state index is 0.116. The molecule has 0 saturated carbocycles. The smallest absolute Gasteiger partial charge is 0.122 e. The number of nitrogens with zero attached hydrogens (tertiary/aromatic N) is 1. The van der Waals surface area contributed by atoms with Gasteiger partial charge in [-0.25, -0.2) is 4.98 Å². The van der Waals surface area contributed by atoms with Gasteiger partial charge in [0.05, 0.1) is 5.69 Å². The van der Waals surface area contributed by atoms with Gasteiger partial charge in [-0.15, -0.1) is 11.3 Å². The molecule has 0 aliphatic rings. The number of nitrogens with one attached hydrogen (secondary N) is 1. The first-order valence-electron chi connectivity index (χ1n) is 7.52. The summed E-state index contributed by atoms with van der Waals surface area (Å²) < 4.78 is 5.62. The van der Waals surface area contributed by atoms with Crippen LogP contribution >= 0.6 is 11.3 Å². The Morgan fingerprint density at radius 2 is 2.05 bits per heavy atom. The first-order valence-corrected chi connectivity index (χ1v) is 8.34. The molecular weight excluding hydrogens is 280 g/mol. The molecule has 1 N–H and O–H groups in total. The first kappa shape index (κ1) is 16.1. The summed E-state index contributed by atoms with van der Waals surface area (Å²) in [6.45, 7) is 3.15. The zero-order valence-corrected chi connectivity index (χ0v) is 13.9. The maximum Gasteiger partial charge on any atom is 0.122 e. The summed E-state index contributed by atoms with van der Waals surface area (Å²) in [5, 5.41) is 4.32. The summed E-state index contributed by atoms with van der Waals surface area (Å²) in [6, 6.07) is 10.4. The summed E-state index contributed by atoms with van der Waals surface area (Å²) >= 11 is 1.79. The fourth-order valence-electron chi connectivity index (χ4n) is 2.34. The quantitative estimate of drug-likeness (QED) is 0.798. The molecule has 0 bridgehead atoms. The Kier molecular flexibility index (Phi) is 6.36. The number of benzene rings is 1. The molecule has 21 heavy (non-hydrogen) atoms. The molecule has 1 heterocycles. The molecule has 1 unspecified atom stereocenters. The SMILES string of the molecule is CCCC(OC)c1nc(-c2ccccc2)c(CCNC)s1. The summed E-state index contributed by atoms with van der Waals surface area (Å²) in [5.74, 6) is 0. The summed E-state index contributed by atoms with van der Waals surface area (Å²) in [7, 11) is 3.76. The lowest BCUT2D eigenvalue weighted by atomic mass is 10.1. The van der Waals surface area contributed by atoms with Gasteiger partial charge in [-0.1, -0.05) is 43.7 Å². The highest BCUT2D eigenvalue weighted by Gasteiger charge is 2.19. The van der Waals surface area contributed by atoms with E-state index < -0.39 is 0 Å². The minimum atomic E-state index is 0.116. The van der Waals surface area contributed by atoms with Crippen LogP contribution in [-0.2, 0) is 11.2 Å². The molecule has 0 saturated heterocycles. The summed E-state index contributed by atoms with van der Waals surface area (Å²) in [4.78, 5) is 6.23. The second-order valence-corrected chi connectivity index (χ2v) is 6.17. The lowest BCUT2D eigenvalue weighted by Crippen LogP contribution is -2.09. The highest BCUT2D eigenvalue weighted by molar-refractivity contribution is 7.12. The predicted molar refractivity (Wildman–Crippen MR) is 89.8 cm³/mol. The Morgan fingerprint density at radius 3 is 2.67 bits per heavy atom. The molecule has 1 aromatic heterocycles. The predicted octanol–water partition coefficient (Wildman–Crippen LogP) is 4.06. The molecule has 4 heteroatoms. The summed E-state index contributed by atoms with van der Waals surface area (Å²) in [6.07, 6.45) is 3.24. The molecule has 1 aromatic carbocycles. The standard InChI is InChI=1S/C17H24N2OS/c1-4-8-14(20-3)17-19-16(13-9-6-5-7-10-13)15(21-17)11-12-18-2/h5-7,9-10,14,18H,4,8,11-12H2,1-3H3. The van der Waals surface area contributed by atoms with Gasteiger partial charge in [-0.2, -0.15) is 0 Å². The third-order valence-corrected chi connectivity index (χ3v) is 4.68. The van der Waals surface area contributed by atoms with E-state index in [1.54, 1.807) is 18.4 Å². The third-order valence-electron chi connectivity index (χ3n) is 3.47. The molecule has 0 aliphatic carbocycles. The lowest BCUT2D eigenvalue weighted by Gasteiger charge is -2.10. The number of thiazole rings is 1. The third kappa shape index (κ3) is 4.13. The van der Waals surface area contributed by atoms with Crippen LogP contribution in [0.25, 0.3) is 11.3 Å². The van der Waals surface area contributed by atoms with Crippen LogP contribution in [0.15, 0.2) is 30.3 Å². The van der Waals surface area contributed by atoms with Gasteiger partial charge in [0, 0.05) is 17.6 Å². The molecule has 0 fully saturated rings. The van der Waals surface area contributed by atoms with Gasteiger partial charge < -0.3 is 10.1 Å². The normalized spacial score (nSPS) is 12.5. The Hall–Kier alpha value is -1.23. The van der Waals surface area contributed by atoms with Gasteiger partial charge in [-0.3, -0.25) is 0 Å². The second-order valence-electron chi connectivity index (χ2n) is 5.06. The molecular formula is C17H24N2OS. The van der Waals surface area contributed by atoms with Crippen LogP contribution in [0.1, 0.15) is 35.8 Å². The van der Waals surface area contributed by atoms with Crippen LogP contribution in [0.5, 0.6) is 0 Å². The van der Waals surface area contributed by atoms with Crippen molar-refractivity contribution in [3.05, 3.63) is 40.2 Å². The van der Waals surface area contributed by atoms with Crippen molar-refractivity contribution in [3.8, 4) is 11.3 Å². The van der Waals surface area contributed by atoms with Gasteiger partial charge >= 0.3 is 0 Å². The van der Waals surface area contributed by atoms with Crippen LogP contribution in [0.3, 0.4) is 0 Å². The van der Waals surface area contributed by atoms with E-state index in [4.69, 9.17) is 9.72 Å². The number of hydrogen-bond acceptors (Lipinski definition) is 4.